The number of halogens is 1. The van der Waals surface area contributed by atoms with Gasteiger partial charge in [-0.05, 0) is 63.1 Å². The SMILES string of the molecule is COc1ccc(Cl)cc1N(CC(=O)N(Cc1ccc(C)cc1)C(Cc1ccccc1)C(=O)NC(C)C)S(=O)(=O)c1ccc(C)c([N+](=O)[O-])c1. The molecule has 0 saturated heterocycles. The number of hydrogen-bond donors (Lipinski definition) is 1. The Labute approximate surface area is 291 Å². The Morgan fingerprint density at radius 2 is 1.61 bits per heavy atom. The molecule has 0 aliphatic rings. The van der Waals surface area contributed by atoms with Crippen LogP contribution in [0.5, 0.6) is 5.75 Å². The number of nitro benzene ring substituents is 1. The summed E-state index contributed by atoms with van der Waals surface area (Å²) in [5.74, 6) is -1.03. The Bertz CT molecular complexity index is 1920. The summed E-state index contributed by atoms with van der Waals surface area (Å²) in [7, 11) is -3.33. The third-order valence-electron chi connectivity index (χ3n) is 7.83. The molecule has 258 valence electrons. The third kappa shape index (κ3) is 9.15. The summed E-state index contributed by atoms with van der Waals surface area (Å²) in [6, 6.07) is 23.2. The molecular weight excluding hydrogens is 668 g/mol. The fourth-order valence-corrected chi connectivity index (χ4v) is 6.87. The van der Waals surface area contributed by atoms with Crippen molar-refractivity contribution in [2.45, 2.75) is 57.6 Å². The second-order valence-electron chi connectivity index (χ2n) is 11.9. The number of nitrogens with zero attached hydrogens (tertiary/aromatic N) is 3. The Hall–Kier alpha value is -4.94. The van der Waals surface area contributed by atoms with E-state index in [2.05, 4.69) is 5.32 Å². The number of benzene rings is 4. The molecule has 0 aliphatic carbocycles. The van der Waals surface area contributed by atoms with Crippen LogP contribution in [-0.2, 0) is 32.6 Å². The maximum atomic E-state index is 14.7. The summed E-state index contributed by atoms with van der Waals surface area (Å²) < 4.78 is 35.2. The highest BCUT2D eigenvalue weighted by molar-refractivity contribution is 7.92. The number of anilines is 1. The lowest BCUT2D eigenvalue weighted by atomic mass is 10.0. The third-order valence-corrected chi connectivity index (χ3v) is 9.82. The second-order valence-corrected chi connectivity index (χ2v) is 14.2. The van der Waals surface area contributed by atoms with Gasteiger partial charge < -0.3 is 15.0 Å². The average molecular weight is 707 g/mol. The van der Waals surface area contributed by atoms with Gasteiger partial charge in [0.2, 0.25) is 11.8 Å². The van der Waals surface area contributed by atoms with Crippen molar-refractivity contribution in [1.82, 2.24) is 10.2 Å². The Morgan fingerprint density at radius 1 is 0.939 bits per heavy atom. The fraction of sp³-hybridized carbons (Fsp3) is 0.278. The quantitative estimate of drug-likeness (QED) is 0.121. The topological polar surface area (TPSA) is 139 Å². The van der Waals surface area contributed by atoms with Crippen molar-refractivity contribution < 1.29 is 27.7 Å². The van der Waals surface area contributed by atoms with Gasteiger partial charge in [-0.15, -0.1) is 0 Å². The minimum absolute atomic E-state index is 0.0152. The van der Waals surface area contributed by atoms with Gasteiger partial charge in [-0.25, -0.2) is 8.42 Å². The molecule has 0 saturated carbocycles. The van der Waals surface area contributed by atoms with Gasteiger partial charge in [0.05, 0.1) is 22.6 Å². The molecule has 4 aromatic rings. The van der Waals surface area contributed by atoms with E-state index in [4.69, 9.17) is 16.3 Å². The van der Waals surface area contributed by atoms with Gasteiger partial charge in [0, 0.05) is 35.7 Å². The molecule has 4 rings (SSSR count). The number of nitro groups is 1. The van der Waals surface area contributed by atoms with Crippen molar-refractivity contribution in [1.29, 1.82) is 0 Å². The minimum Gasteiger partial charge on any atom is -0.495 e. The lowest BCUT2D eigenvalue weighted by molar-refractivity contribution is -0.385. The molecule has 0 aliphatic heterocycles. The molecule has 11 nitrogen and oxygen atoms in total. The minimum atomic E-state index is -4.66. The number of ether oxygens (including phenoxy) is 1. The van der Waals surface area contributed by atoms with E-state index >= 15 is 0 Å². The highest BCUT2D eigenvalue weighted by Gasteiger charge is 2.36. The van der Waals surface area contributed by atoms with Crippen LogP contribution in [0.3, 0.4) is 0 Å². The number of amides is 2. The first-order valence-corrected chi connectivity index (χ1v) is 17.3. The van der Waals surface area contributed by atoms with Crippen molar-refractivity contribution in [3.8, 4) is 5.75 Å². The monoisotopic (exact) mass is 706 g/mol. The van der Waals surface area contributed by atoms with Crippen LogP contribution >= 0.6 is 11.6 Å². The molecule has 1 unspecified atom stereocenters. The predicted octanol–water partition coefficient (Wildman–Crippen LogP) is 6.23. The van der Waals surface area contributed by atoms with Crippen LogP contribution in [0.4, 0.5) is 11.4 Å². The summed E-state index contributed by atoms with van der Waals surface area (Å²) in [6.07, 6.45) is 0.147. The molecule has 49 heavy (non-hydrogen) atoms. The van der Waals surface area contributed by atoms with Gasteiger partial charge in [0.25, 0.3) is 15.7 Å². The van der Waals surface area contributed by atoms with Crippen LogP contribution in [0, 0.1) is 24.0 Å². The van der Waals surface area contributed by atoms with Crippen LogP contribution in [0.15, 0.2) is 95.9 Å². The van der Waals surface area contributed by atoms with E-state index in [1.807, 2.05) is 75.4 Å². The van der Waals surface area contributed by atoms with Crippen molar-refractivity contribution in [3.05, 3.63) is 128 Å². The van der Waals surface area contributed by atoms with Gasteiger partial charge in [-0.3, -0.25) is 24.0 Å². The van der Waals surface area contributed by atoms with Crippen molar-refractivity contribution in [2.75, 3.05) is 18.0 Å². The molecule has 0 bridgehead atoms. The number of sulfonamides is 1. The normalized spacial score (nSPS) is 11.9. The lowest BCUT2D eigenvalue weighted by Crippen LogP contribution is -2.54. The Balaban J connectivity index is 1.89. The zero-order chi connectivity index (χ0) is 35.9. The number of nitrogens with one attached hydrogen (secondary N) is 1. The summed E-state index contributed by atoms with van der Waals surface area (Å²) in [6.45, 7) is 6.24. The van der Waals surface area contributed by atoms with Crippen LogP contribution in [0.25, 0.3) is 0 Å². The molecule has 0 aromatic heterocycles. The first-order valence-electron chi connectivity index (χ1n) is 15.5. The van der Waals surface area contributed by atoms with Crippen LogP contribution < -0.4 is 14.4 Å². The maximum absolute atomic E-state index is 14.7. The highest BCUT2D eigenvalue weighted by Crippen LogP contribution is 2.36. The number of carbonyl (C=O) groups excluding carboxylic acids is 2. The van der Waals surface area contributed by atoms with Crippen LogP contribution in [0.2, 0.25) is 5.02 Å². The molecule has 13 heteroatoms. The van der Waals surface area contributed by atoms with Gasteiger partial charge in [-0.1, -0.05) is 77.8 Å². The van der Waals surface area contributed by atoms with Crippen molar-refractivity contribution in [3.63, 3.8) is 0 Å². The van der Waals surface area contributed by atoms with E-state index in [0.29, 0.717) is 0 Å². The molecule has 1 N–H and O–H groups in total. The molecule has 0 spiro atoms. The van der Waals surface area contributed by atoms with Crippen LogP contribution in [0.1, 0.15) is 36.1 Å². The van der Waals surface area contributed by atoms with Gasteiger partial charge in [-0.2, -0.15) is 0 Å². The van der Waals surface area contributed by atoms with E-state index in [1.54, 1.807) is 0 Å². The Morgan fingerprint density at radius 3 is 2.22 bits per heavy atom. The zero-order valence-corrected chi connectivity index (χ0v) is 29.5. The van der Waals surface area contributed by atoms with E-state index < -0.39 is 49.9 Å². The summed E-state index contributed by atoms with van der Waals surface area (Å²) in [5.41, 5.74) is 2.31. The van der Waals surface area contributed by atoms with Gasteiger partial charge >= 0.3 is 0 Å². The van der Waals surface area contributed by atoms with E-state index in [1.165, 1.54) is 49.3 Å². The molecular formula is C36H39ClN4O7S. The molecule has 4 aromatic carbocycles. The van der Waals surface area contributed by atoms with Crippen LogP contribution in [-0.4, -0.2) is 55.8 Å². The van der Waals surface area contributed by atoms with E-state index in [-0.39, 0.29) is 41.0 Å². The second kappa shape index (κ2) is 16.0. The molecule has 1 atom stereocenters. The number of aryl methyl sites for hydroxylation is 2. The van der Waals surface area contributed by atoms with E-state index in [9.17, 15) is 28.1 Å². The number of hydrogen-bond acceptors (Lipinski definition) is 7. The molecule has 0 fully saturated rings. The first kappa shape index (κ1) is 36.9. The molecule has 2 amide bonds. The number of carbonyl (C=O) groups is 2. The maximum Gasteiger partial charge on any atom is 0.273 e. The van der Waals surface area contributed by atoms with Crippen molar-refractivity contribution in [2.24, 2.45) is 0 Å². The Kier molecular flexibility index (Phi) is 12.0. The number of rotatable bonds is 14. The molecule has 0 radical (unpaired) electrons. The lowest BCUT2D eigenvalue weighted by Gasteiger charge is -2.34. The molecule has 0 heterocycles. The standard InChI is InChI=1S/C36H39ClN4O7S/c1-24(2)38-36(43)33(19-27-9-7-6-8-10-27)39(22-28-14-11-25(3)12-15-28)35(42)23-40(32-20-29(37)16-18-34(32)48-5)49(46,47)30-17-13-26(4)31(21-30)41(44)45/h6-18,20-21,24,33H,19,22-23H2,1-5H3,(H,38,43). The largest absolute Gasteiger partial charge is 0.495 e. The summed E-state index contributed by atoms with van der Waals surface area (Å²) in [5, 5.41) is 14.9. The zero-order valence-electron chi connectivity index (χ0n) is 27.9. The first-order chi connectivity index (χ1) is 23.2. The number of methoxy groups -OCH3 is 1. The smallest absolute Gasteiger partial charge is 0.273 e. The van der Waals surface area contributed by atoms with E-state index in [0.717, 1.165) is 27.1 Å². The van der Waals surface area contributed by atoms with Crippen molar-refractivity contribution >= 4 is 44.8 Å². The average Bonchev–Trinajstić information content (AvgIpc) is 3.06. The summed E-state index contributed by atoms with van der Waals surface area (Å²) in [4.78, 5) is 40.6. The fourth-order valence-electron chi connectivity index (χ4n) is 5.27. The van der Waals surface area contributed by atoms with Gasteiger partial charge in [0.1, 0.15) is 18.3 Å². The van der Waals surface area contributed by atoms with Gasteiger partial charge in [0.15, 0.2) is 0 Å². The highest BCUT2D eigenvalue weighted by atomic mass is 35.5. The summed E-state index contributed by atoms with van der Waals surface area (Å²) >= 11 is 6.34. The predicted molar refractivity (Wildman–Crippen MR) is 189 cm³/mol.